The van der Waals surface area contributed by atoms with E-state index in [1.807, 2.05) is 31.2 Å². The van der Waals surface area contributed by atoms with Crippen LogP contribution in [0.3, 0.4) is 0 Å². The highest BCUT2D eigenvalue weighted by atomic mass is 32.2. The van der Waals surface area contributed by atoms with Crippen LogP contribution in [0.1, 0.15) is 37.7 Å². The number of rotatable bonds is 7. The molecule has 3 aromatic rings. The van der Waals surface area contributed by atoms with Gasteiger partial charge in [-0.3, -0.25) is 4.79 Å². The third kappa shape index (κ3) is 5.57. The van der Waals surface area contributed by atoms with E-state index >= 15 is 0 Å². The third-order valence-corrected chi connectivity index (χ3v) is 6.96. The lowest BCUT2D eigenvalue weighted by Crippen LogP contribution is -2.36. The Morgan fingerprint density at radius 2 is 1.72 bits per heavy atom. The number of aryl methyl sites for hydroxylation is 1. The summed E-state index contributed by atoms with van der Waals surface area (Å²) in [5.74, 6) is 0.103. The van der Waals surface area contributed by atoms with Crippen LogP contribution in [0.4, 0.5) is 5.69 Å². The highest BCUT2D eigenvalue weighted by Gasteiger charge is 2.21. The summed E-state index contributed by atoms with van der Waals surface area (Å²) in [6, 6.07) is 13.8. The number of amides is 1. The molecule has 0 aliphatic heterocycles. The summed E-state index contributed by atoms with van der Waals surface area (Å²) in [5, 5.41) is 14.9. The first-order chi connectivity index (χ1) is 15.4. The Balaban J connectivity index is 1.34. The number of nitrogens with zero attached hydrogens (tertiary/aromatic N) is 4. The van der Waals surface area contributed by atoms with Crippen molar-refractivity contribution in [1.29, 1.82) is 0 Å². The second-order valence-electron chi connectivity index (χ2n) is 8.04. The minimum Gasteiger partial charge on any atom is -0.324 e. The fourth-order valence-electron chi connectivity index (χ4n) is 3.68. The molecule has 1 aliphatic rings. The van der Waals surface area contributed by atoms with Crippen molar-refractivity contribution in [1.82, 2.24) is 24.9 Å². The van der Waals surface area contributed by atoms with Crippen LogP contribution in [0.15, 0.2) is 53.4 Å². The molecule has 1 fully saturated rings. The van der Waals surface area contributed by atoms with Gasteiger partial charge in [-0.15, -0.1) is 10.2 Å². The first-order valence-electron chi connectivity index (χ1n) is 10.7. The van der Waals surface area contributed by atoms with E-state index in [0.29, 0.717) is 11.5 Å². The minimum absolute atomic E-state index is 0.00638. The topological polar surface area (TPSA) is 119 Å². The van der Waals surface area contributed by atoms with E-state index in [1.165, 1.54) is 16.9 Å². The quantitative estimate of drug-likeness (QED) is 0.567. The van der Waals surface area contributed by atoms with Crippen LogP contribution < -0.4 is 10.0 Å². The van der Waals surface area contributed by atoms with Gasteiger partial charge in [-0.1, -0.05) is 49.1 Å². The summed E-state index contributed by atoms with van der Waals surface area (Å²) >= 11 is 0. The Morgan fingerprint density at radius 3 is 2.41 bits per heavy atom. The molecule has 1 saturated carbocycles. The van der Waals surface area contributed by atoms with Crippen LogP contribution in [0.25, 0.3) is 11.4 Å². The van der Waals surface area contributed by atoms with Gasteiger partial charge >= 0.3 is 0 Å². The van der Waals surface area contributed by atoms with E-state index in [4.69, 9.17) is 0 Å². The maximum Gasteiger partial charge on any atom is 0.248 e. The van der Waals surface area contributed by atoms with Gasteiger partial charge < -0.3 is 5.32 Å². The van der Waals surface area contributed by atoms with Gasteiger partial charge in [0.25, 0.3) is 0 Å². The summed E-state index contributed by atoms with van der Waals surface area (Å²) < 4.78 is 28.0. The van der Waals surface area contributed by atoms with Crippen LogP contribution >= 0.6 is 0 Å². The molecule has 0 saturated heterocycles. The number of benzene rings is 2. The van der Waals surface area contributed by atoms with Gasteiger partial charge in [-0.05, 0) is 49.2 Å². The van der Waals surface area contributed by atoms with Crippen LogP contribution in [0, 0.1) is 6.92 Å². The lowest BCUT2D eigenvalue weighted by molar-refractivity contribution is -0.117. The molecule has 0 unspecified atom stereocenters. The lowest BCUT2D eigenvalue weighted by Gasteiger charge is -2.22. The van der Waals surface area contributed by atoms with Crippen molar-refractivity contribution in [3.8, 4) is 11.4 Å². The van der Waals surface area contributed by atoms with Crippen molar-refractivity contribution in [2.45, 2.75) is 56.5 Å². The molecule has 168 valence electrons. The Bertz CT molecular complexity index is 1170. The number of carbonyl (C=O) groups is 1. The molecular formula is C22H26N6O3S. The molecule has 1 aliphatic carbocycles. The minimum atomic E-state index is -3.58. The van der Waals surface area contributed by atoms with E-state index in [-0.39, 0.29) is 23.4 Å². The van der Waals surface area contributed by atoms with Crippen molar-refractivity contribution in [2.75, 3.05) is 5.32 Å². The van der Waals surface area contributed by atoms with Gasteiger partial charge in [0.1, 0.15) is 6.54 Å². The zero-order valence-electron chi connectivity index (χ0n) is 17.9. The van der Waals surface area contributed by atoms with Crippen LogP contribution in [-0.4, -0.2) is 40.6 Å². The largest absolute Gasteiger partial charge is 0.324 e. The average Bonchev–Trinajstić information content (AvgIpc) is 3.23. The third-order valence-electron chi connectivity index (χ3n) is 5.42. The molecule has 1 amide bonds. The monoisotopic (exact) mass is 454 g/mol. The van der Waals surface area contributed by atoms with Crippen molar-refractivity contribution < 1.29 is 13.2 Å². The second-order valence-corrected chi connectivity index (χ2v) is 9.75. The number of tetrazole rings is 1. The molecular weight excluding hydrogens is 428 g/mol. The van der Waals surface area contributed by atoms with E-state index < -0.39 is 10.0 Å². The summed E-state index contributed by atoms with van der Waals surface area (Å²) in [5.41, 5.74) is 2.44. The normalized spacial score (nSPS) is 14.9. The lowest BCUT2D eigenvalue weighted by atomic mass is 9.96. The van der Waals surface area contributed by atoms with E-state index in [1.54, 1.807) is 12.1 Å². The number of carbonyl (C=O) groups excluding carboxylic acids is 1. The number of aromatic nitrogens is 4. The molecule has 1 heterocycles. The van der Waals surface area contributed by atoms with Gasteiger partial charge in [0, 0.05) is 17.3 Å². The Hall–Kier alpha value is -3.11. The Labute approximate surface area is 187 Å². The standard InChI is InChI=1S/C22H26N6O3S/c1-16-7-9-17(10-8-16)22-24-27-28(25-22)15-21(29)23-18-11-13-20(14-12-18)32(30,31)26-19-5-3-2-4-6-19/h7-14,19,26H,2-6,15H2,1H3,(H,23,29). The Morgan fingerprint density at radius 1 is 1.03 bits per heavy atom. The van der Waals surface area contributed by atoms with Crippen molar-refractivity contribution in [2.24, 2.45) is 0 Å². The summed E-state index contributed by atoms with van der Waals surface area (Å²) in [6.45, 7) is 1.88. The van der Waals surface area contributed by atoms with Gasteiger partial charge in [0.15, 0.2) is 0 Å². The summed E-state index contributed by atoms with van der Waals surface area (Å²) in [4.78, 5) is 13.7. The van der Waals surface area contributed by atoms with Gasteiger partial charge in [0.2, 0.25) is 21.8 Å². The SMILES string of the molecule is Cc1ccc(-c2nnn(CC(=O)Nc3ccc(S(=O)(=O)NC4CCCCC4)cc3)n2)cc1. The molecule has 0 atom stereocenters. The van der Waals surface area contributed by atoms with Crippen molar-refractivity contribution in [3.05, 3.63) is 54.1 Å². The molecule has 9 nitrogen and oxygen atoms in total. The predicted molar refractivity (Wildman–Crippen MR) is 120 cm³/mol. The smallest absolute Gasteiger partial charge is 0.248 e. The highest BCUT2D eigenvalue weighted by Crippen LogP contribution is 2.21. The van der Waals surface area contributed by atoms with E-state index in [2.05, 4.69) is 25.4 Å². The number of hydrogen-bond donors (Lipinski definition) is 2. The fraction of sp³-hybridized carbons (Fsp3) is 0.364. The fourth-order valence-corrected chi connectivity index (χ4v) is 4.99. The predicted octanol–water partition coefficient (Wildman–Crippen LogP) is 2.90. The van der Waals surface area contributed by atoms with Crippen LogP contribution in [-0.2, 0) is 21.4 Å². The van der Waals surface area contributed by atoms with Crippen LogP contribution in [0.2, 0.25) is 0 Å². The maximum atomic E-state index is 12.6. The highest BCUT2D eigenvalue weighted by molar-refractivity contribution is 7.89. The molecule has 1 aromatic heterocycles. The van der Waals surface area contributed by atoms with Gasteiger partial charge in [-0.25, -0.2) is 13.1 Å². The first kappa shape index (κ1) is 22.1. The number of hydrogen-bond acceptors (Lipinski definition) is 6. The molecule has 0 radical (unpaired) electrons. The number of nitrogens with one attached hydrogen (secondary N) is 2. The molecule has 0 bridgehead atoms. The molecule has 10 heteroatoms. The van der Waals surface area contributed by atoms with Gasteiger partial charge in [0.05, 0.1) is 4.90 Å². The van der Waals surface area contributed by atoms with Gasteiger partial charge in [-0.2, -0.15) is 4.80 Å². The molecule has 0 spiro atoms. The summed E-state index contributed by atoms with van der Waals surface area (Å²) in [6.07, 6.45) is 4.99. The zero-order chi connectivity index (χ0) is 22.6. The average molecular weight is 455 g/mol. The zero-order valence-corrected chi connectivity index (χ0v) is 18.7. The number of sulfonamides is 1. The van der Waals surface area contributed by atoms with Crippen molar-refractivity contribution in [3.63, 3.8) is 0 Å². The first-order valence-corrected chi connectivity index (χ1v) is 12.1. The number of anilines is 1. The van der Waals surface area contributed by atoms with E-state index in [0.717, 1.165) is 43.2 Å². The maximum absolute atomic E-state index is 12.6. The van der Waals surface area contributed by atoms with Crippen LogP contribution in [0.5, 0.6) is 0 Å². The van der Waals surface area contributed by atoms with Crippen molar-refractivity contribution >= 4 is 21.6 Å². The van der Waals surface area contributed by atoms with E-state index in [9.17, 15) is 13.2 Å². The Kier molecular flexibility index (Phi) is 6.61. The molecule has 2 aromatic carbocycles. The summed E-state index contributed by atoms with van der Waals surface area (Å²) in [7, 11) is -3.58. The molecule has 4 rings (SSSR count). The molecule has 32 heavy (non-hydrogen) atoms. The second kappa shape index (κ2) is 9.58. The molecule has 2 N–H and O–H groups in total.